The standard InChI is InChI=1S/C11H22N2S/c1-9-4-11(5-12,8-14-9)13-6-10(2,3)7-13/h9H,4-8,12H2,1-3H3. The maximum absolute atomic E-state index is 5.97. The van der Waals surface area contributed by atoms with Gasteiger partial charge in [0.25, 0.3) is 0 Å². The Balaban J connectivity index is 2.01. The largest absolute Gasteiger partial charge is 0.329 e. The molecule has 0 saturated carbocycles. The van der Waals surface area contributed by atoms with Gasteiger partial charge in [-0.25, -0.2) is 0 Å². The molecule has 2 saturated heterocycles. The van der Waals surface area contributed by atoms with Crippen molar-refractivity contribution in [3.05, 3.63) is 0 Å². The van der Waals surface area contributed by atoms with Crippen LogP contribution in [0.2, 0.25) is 0 Å². The Labute approximate surface area is 91.6 Å². The quantitative estimate of drug-likeness (QED) is 0.756. The first-order valence-corrected chi connectivity index (χ1v) is 6.59. The summed E-state index contributed by atoms with van der Waals surface area (Å²) in [6, 6.07) is 0. The van der Waals surface area contributed by atoms with Gasteiger partial charge in [0.1, 0.15) is 0 Å². The van der Waals surface area contributed by atoms with E-state index >= 15 is 0 Å². The Bertz CT molecular complexity index is 221. The maximum atomic E-state index is 5.97. The molecule has 2 aliphatic rings. The third-order valence-electron chi connectivity index (χ3n) is 3.59. The molecule has 0 spiro atoms. The van der Waals surface area contributed by atoms with Crippen molar-refractivity contribution in [3.63, 3.8) is 0 Å². The number of thioether (sulfide) groups is 1. The predicted molar refractivity (Wildman–Crippen MR) is 63.7 cm³/mol. The summed E-state index contributed by atoms with van der Waals surface area (Å²) in [5, 5.41) is 0.794. The van der Waals surface area contributed by atoms with Crippen LogP contribution in [-0.4, -0.2) is 41.1 Å². The van der Waals surface area contributed by atoms with E-state index in [0.717, 1.165) is 11.8 Å². The molecule has 2 aliphatic heterocycles. The zero-order valence-electron chi connectivity index (χ0n) is 9.55. The molecule has 2 fully saturated rings. The van der Waals surface area contributed by atoms with Crippen LogP contribution in [0.25, 0.3) is 0 Å². The Kier molecular flexibility index (Phi) is 2.61. The van der Waals surface area contributed by atoms with Crippen LogP contribution < -0.4 is 5.73 Å². The van der Waals surface area contributed by atoms with Gasteiger partial charge in [0.15, 0.2) is 0 Å². The van der Waals surface area contributed by atoms with Crippen LogP contribution in [0.15, 0.2) is 0 Å². The van der Waals surface area contributed by atoms with Gasteiger partial charge < -0.3 is 5.73 Å². The van der Waals surface area contributed by atoms with Gasteiger partial charge in [-0.3, -0.25) is 4.90 Å². The number of hydrogen-bond acceptors (Lipinski definition) is 3. The minimum Gasteiger partial charge on any atom is -0.329 e. The third-order valence-corrected chi connectivity index (χ3v) is 5.03. The molecular weight excluding hydrogens is 192 g/mol. The number of rotatable bonds is 2. The van der Waals surface area contributed by atoms with Crippen LogP contribution in [0.4, 0.5) is 0 Å². The lowest BCUT2D eigenvalue weighted by Gasteiger charge is -2.54. The van der Waals surface area contributed by atoms with Crippen molar-refractivity contribution in [3.8, 4) is 0 Å². The van der Waals surface area contributed by atoms with Gasteiger partial charge in [-0.15, -0.1) is 0 Å². The van der Waals surface area contributed by atoms with Crippen molar-refractivity contribution in [1.82, 2.24) is 4.90 Å². The fourth-order valence-electron chi connectivity index (χ4n) is 2.76. The lowest BCUT2D eigenvalue weighted by atomic mass is 9.78. The summed E-state index contributed by atoms with van der Waals surface area (Å²) in [5.74, 6) is 1.24. The van der Waals surface area contributed by atoms with Crippen molar-refractivity contribution in [2.45, 2.75) is 38.0 Å². The highest BCUT2D eigenvalue weighted by Crippen LogP contribution is 2.44. The van der Waals surface area contributed by atoms with Crippen LogP contribution in [0.5, 0.6) is 0 Å². The molecule has 0 aromatic rings. The van der Waals surface area contributed by atoms with Gasteiger partial charge >= 0.3 is 0 Å². The number of nitrogens with two attached hydrogens (primary N) is 1. The molecular formula is C11H22N2S. The average Bonchev–Trinajstić information content (AvgIpc) is 2.44. The zero-order valence-corrected chi connectivity index (χ0v) is 10.4. The topological polar surface area (TPSA) is 29.3 Å². The molecule has 0 amide bonds. The first-order valence-electron chi connectivity index (χ1n) is 5.54. The summed E-state index contributed by atoms with van der Waals surface area (Å²) in [4.78, 5) is 2.61. The summed E-state index contributed by atoms with van der Waals surface area (Å²) in [6.45, 7) is 10.3. The normalized spacial score (nSPS) is 42.4. The number of nitrogens with zero attached hydrogens (tertiary/aromatic N) is 1. The lowest BCUT2D eigenvalue weighted by molar-refractivity contribution is -0.0468. The molecule has 14 heavy (non-hydrogen) atoms. The van der Waals surface area contributed by atoms with Crippen molar-refractivity contribution >= 4 is 11.8 Å². The summed E-state index contributed by atoms with van der Waals surface area (Å²) >= 11 is 2.08. The fourth-order valence-corrected chi connectivity index (χ4v) is 4.21. The van der Waals surface area contributed by atoms with E-state index in [0.29, 0.717) is 11.0 Å². The Morgan fingerprint density at radius 3 is 2.43 bits per heavy atom. The molecule has 0 bridgehead atoms. The molecule has 2 atom stereocenters. The van der Waals surface area contributed by atoms with Gasteiger partial charge in [-0.2, -0.15) is 11.8 Å². The van der Waals surface area contributed by atoms with Crippen molar-refractivity contribution in [2.75, 3.05) is 25.4 Å². The molecule has 0 aliphatic carbocycles. The summed E-state index contributed by atoms with van der Waals surface area (Å²) in [5.41, 5.74) is 6.83. The average molecular weight is 214 g/mol. The first-order chi connectivity index (χ1) is 6.47. The second-order valence-electron chi connectivity index (χ2n) is 5.77. The minimum absolute atomic E-state index is 0.333. The minimum atomic E-state index is 0.333. The Hall–Kier alpha value is 0.270. The molecule has 2 rings (SSSR count). The number of likely N-dealkylation sites (tertiary alicyclic amines) is 1. The highest BCUT2D eigenvalue weighted by molar-refractivity contribution is 8.00. The summed E-state index contributed by atoms with van der Waals surface area (Å²) in [7, 11) is 0. The van der Waals surface area contributed by atoms with Gasteiger partial charge in [-0.05, 0) is 11.8 Å². The van der Waals surface area contributed by atoms with Gasteiger partial charge in [-0.1, -0.05) is 20.8 Å². The number of hydrogen-bond donors (Lipinski definition) is 1. The smallest absolute Gasteiger partial charge is 0.0432 e. The Morgan fingerprint density at radius 2 is 2.07 bits per heavy atom. The highest BCUT2D eigenvalue weighted by atomic mass is 32.2. The van der Waals surface area contributed by atoms with Gasteiger partial charge in [0.05, 0.1) is 0 Å². The molecule has 2 heterocycles. The van der Waals surface area contributed by atoms with Crippen molar-refractivity contribution < 1.29 is 0 Å². The SMILES string of the molecule is CC1CC(CN)(N2CC(C)(C)C2)CS1. The van der Waals surface area contributed by atoms with E-state index in [-0.39, 0.29) is 0 Å². The van der Waals surface area contributed by atoms with Crippen LogP contribution in [0.1, 0.15) is 27.2 Å². The van der Waals surface area contributed by atoms with Crippen molar-refractivity contribution in [1.29, 1.82) is 0 Å². The molecule has 2 nitrogen and oxygen atoms in total. The van der Waals surface area contributed by atoms with E-state index in [1.807, 2.05) is 0 Å². The van der Waals surface area contributed by atoms with Crippen LogP contribution in [0.3, 0.4) is 0 Å². The van der Waals surface area contributed by atoms with Crippen LogP contribution >= 0.6 is 11.8 Å². The maximum Gasteiger partial charge on any atom is 0.0432 e. The molecule has 0 radical (unpaired) electrons. The lowest BCUT2D eigenvalue weighted by Crippen LogP contribution is -2.66. The van der Waals surface area contributed by atoms with Crippen LogP contribution in [0, 0.1) is 5.41 Å². The molecule has 3 heteroatoms. The third kappa shape index (κ3) is 1.70. The van der Waals surface area contributed by atoms with E-state index in [9.17, 15) is 0 Å². The van der Waals surface area contributed by atoms with E-state index in [2.05, 4.69) is 37.4 Å². The van der Waals surface area contributed by atoms with Crippen LogP contribution in [-0.2, 0) is 0 Å². The fraction of sp³-hybridized carbons (Fsp3) is 1.00. The van der Waals surface area contributed by atoms with Gasteiger partial charge in [0, 0.05) is 36.2 Å². The second kappa shape index (κ2) is 3.39. The van der Waals surface area contributed by atoms with E-state index in [4.69, 9.17) is 5.73 Å². The monoisotopic (exact) mass is 214 g/mol. The first kappa shape index (κ1) is 10.8. The summed E-state index contributed by atoms with van der Waals surface area (Å²) in [6.07, 6.45) is 1.28. The molecule has 82 valence electrons. The molecule has 2 unspecified atom stereocenters. The van der Waals surface area contributed by atoms with Gasteiger partial charge in [0.2, 0.25) is 0 Å². The molecule has 0 aromatic heterocycles. The Morgan fingerprint density at radius 1 is 1.43 bits per heavy atom. The van der Waals surface area contributed by atoms with E-state index < -0.39 is 0 Å². The van der Waals surface area contributed by atoms with Crippen molar-refractivity contribution in [2.24, 2.45) is 11.1 Å². The molecule has 2 N–H and O–H groups in total. The summed E-state index contributed by atoms with van der Waals surface area (Å²) < 4.78 is 0. The van der Waals surface area contributed by atoms with E-state index in [1.165, 1.54) is 25.3 Å². The highest BCUT2D eigenvalue weighted by Gasteiger charge is 2.49. The van der Waals surface area contributed by atoms with E-state index in [1.54, 1.807) is 0 Å². The molecule has 0 aromatic carbocycles. The predicted octanol–water partition coefficient (Wildman–Crippen LogP) is 1.55. The second-order valence-corrected chi connectivity index (χ2v) is 7.20. The zero-order chi connectivity index (χ0) is 10.4.